The lowest BCUT2D eigenvalue weighted by Gasteiger charge is -2.23. The van der Waals surface area contributed by atoms with E-state index >= 15 is 0 Å². The second-order valence-corrected chi connectivity index (χ2v) is 6.77. The van der Waals surface area contributed by atoms with Gasteiger partial charge in [-0.05, 0) is 18.6 Å². The third-order valence-corrected chi connectivity index (χ3v) is 4.57. The number of H-pyrrole nitrogens is 2. The van der Waals surface area contributed by atoms with Crippen molar-refractivity contribution in [2.75, 3.05) is 5.01 Å². The van der Waals surface area contributed by atoms with Crippen molar-refractivity contribution < 1.29 is 9.59 Å². The first-order chi connectivity index (χ1) is 14.0. The third-order valence-electron chi connectivity index (χ3n) is 4.25. The number of hydrogen-bond acceptors (Lipinski definition) is 5. The molecule has 0 aliphatic heterocycles. The van der Waals surface area contributed by atoms with Crippen LogP contribution < -0.4 is 16.2 Å². The van der Waals surface area contributed by atoms with Gasteiger partial charge < -0.3 is 15.7 Å². The summed E-state index contributed by atoms with van der Waals surface area (Å²) >= 11 is 6.28. The number of carbonyl (C=O) groups excluding carboxylic acids is 2. The molecular formula is C19H22ClN7O2. The highest BCUT2D eigenvalue weighted by Crippen LogP contribution is 2.21. The molecule has 5 N–H and O–H groups in total. The van der Waals surface area contributed by atoms with E-state index in [1.807, 2.05) is 6.07 Å². The predicted octanol–water partition coefficient (Wildman–Crippen LogP) is 2.58. The third kappa shape index (κ3) is 4.94. The van der Waals surface area contributed by atoms with Crippen LogP contribution in [-0.4, -0.2) is 31.8 Å². The number of halogens is 1. The van der Waals surface area contributed by atoms with Gasteiger partial charge in [-0.3, -0.25) is 20.0 Å². The first-order valence-electron chi connectivity index (χ1n) is 9.19. The van der Waals surface area contributed by atoms with Gasteiger partial charge in [-0.2, -0.15) is 0 Å². The number of aryl methyl sites for hydroxylation is 1. The Balaban J connectivity index is 1.89. The molecule has 0 aliphatic carbocycles. The van der Waals surface area contributed by atoms with Crippen molar-refractivity contribution in [3.63, 3.8) is 0 Å². The number of hydrogen-bond donors (Lipinski definition) is 4. The zero-order chi connectivity index (χ0) is 20.8. The van der Waals surface area contributed by atoms with E-state index < -0.39 is 5.91 Å². The zero-order valence-corrected chi connectivity index (χ0v) is 16.7. The fraction of sp³-hybridized carbons (Fsp3) is 0.263. The largest absolute Gasteiger partial charge is 0.364 e. The zero-order valence-electron chi connectivity index (χ0n) is 15.9. The molecule has 0 saturated heterocycles. The molecule has 2 amide bonds. The number of amides is 2. The number of benzene rings is 1. The molecule has 0 unspecified atom stereocenters. The Morgan fingerprint density at radius 3 is 2.72 bits per heavy atom. The molecule has 2 aromatic heterocycles. The molecule has 0 saturated carbocycles. The average Bonchev–Trinajstić information content (AvgIpc) is 3.33. The summed E-state index contributed by atoms with van der Waals surface area (Å²) in [7, 11) is 0. The summed E-state index contributed by atoms with van der Waals surface area (Å²) in [6, 6.07) is 8.69. The fourth-order valence-electron chi connectivity index (χ4n) is 2.78. The van der Waals surface area contributed by atoms with E-state index in [0.717, 1.165) is 25.1 Å². The van der Waals surface area contributed by atoms with E-state index in [1.165, 1.54) is 11.3 Å². The highest BCUT2D eigenvalue weighted by molar-refractivity contribution is 6.30. The Hall–Kier alpha value is -3.33. The van der Waals surface area contributed by atoms with E-state index in [1.54, 1.807) is 24.3 Å². The van der Waals surface area contributed by atoms with Gasteiger partial charge in [0.05, 0.1) is 18.6 Å². The van der Waals surface area contributed by atoms with Crippen molar-refractivity contribution in [3.05, 3.63) is 64.6 Å². The van der Waals surface area contributed by atoms with Gasteiger partial charge in [-0.15, -0.1) is 0 Å². The molecule has 9 nitrogen and oxygen atoms in total. The second-order valence-electron chi connectivity index (χ2n) is 6.41. The summed E-state index contributed by atoms with van der Waals surface area (Å²) in [4.78, 5) is 38.8. The van der Waals surface area contributed by atoms with E-state index in [-0.39, 0.29) is 24.0 Å². The van der Waals surface area contributed by atoms with Crippen LogP contribution in [0.5, 0.6) is 0 Å². The summed E-state index contributed by atoms with van der Waals surface area (Å²) in [5.74, 6) is -0.123. The fourth-order valence-corrected chi connectivity index (χ4v) is 2.99. The summed E-state index contributed by atoms with van der Waals surface area (Å²) in [6.07, 6.45) is 4.10. The topological polar surface area (TPSA) is 133 Å². The molecule has 0 radical (unpaired) electrons. The van der Waals surface area contributed by atoms with Crippen LogP contribution in [0.25, 0.3) is 0 Å². The molecule has 0 fully saturated rings. The van der Waals surface area contributed by atoms with Gasteiger partial charge in [-0.25, -0.2) is 9.97 Å². The summed E-state index contributed by atoms with van der Waals surface area (Å²) in [5.41, 5.74) is 9.29. The average molecular weight is 416 g/mol. The van der Waals surface area contributed by atoms with Crippen molar-refractivity contribution in [1.82, 2.24) is 25.4 Å². The number of nitrogens with zero attached hydrogens (tertiary/aromatic N) is 3. The Labute approximate surface area is 172 Å². The Morgan fingerprint density at radius 1 is 1.28 bits per heavy atom. The number of rotatable bonds is 9. The van der Waals surface area contributed by atoms with Crippen LogP contribution in [0.15, 0.2) is 36.7 Å². The van der Waals surface area contributed by atoms with Crippen LogP contribution in [0.2, 0.25) is 5.15 Å². The van der Waals surface area contributed by atoms with Crippen LogP contribution in [-0.2, 0) is 13.0 Å². The number of carbonyl (C=O) groups is 2. The number of imidazole rings is 2. The lowest BCUT2D eigenvalue weighted by molar-refractivity contribution is 0.0943. The van der Waals surface area contributed by atoms with Crippen LogP contribution in [0.3, 0.4) is 0 Å². The molecule has 29 heavy (non-hydrogen) atoms. The number of aromatic amines is 2. The maximum atomic E-state index is 12.7. The first kappa shape index (κ1) is 20.4. The Kier molecular flexibility index (Phi) is 6.50. The number of nitrogens with one attached hydrogen (secondary N) is 3. The number of nitrogens with two attached hydrogens (primary N) is 1. The summed E-state index contributed by atoms with van der Waals surface area (Å²) in [6.45, 7) is 2.21. The number of aromatic nitrogens is 4. The van der Waals surface area contributed by atoms with E-state index in [9.17, 15) is 9.59 Å². The van der Waals surface area contributed by atoms with Gasteiger partial charge in [0.1, 0.15) is 11.5 Å². The maximum absolute atomic E-state index is 12.7. The minimum atomic E-state index is -0.698. The van der Waals surface area contributed by atoms with Crippen LogP contribution in [0.1, 0.15) is 52.1 Å². The SMILES string of the molecule is CCCCc1nc(Cl)c(CN(NC(=O)c2ccccc2)c2nc[nH]c2C(N)=O)[nH]1. The monoisotopic (exact) mass is 415 g/mol. The maximum Gasteiger partial charge on any atom is 0.269 e. The predicted molar refractivity (Wildman–Crippen MR) is 109 cm³/mol. The highest BCUT2D eigenvalue weighted by Gasteiger charge is 2.23. The summed E-state index contributed by atoms with van der Waals surface area (Å²) < 4.78 is 0. The normalized spacial score (nSPS) is 10.7. The standard InChI is InChI=1S/C19H22ClN7O2/c1-2-3-9-14-24-13(16(20)25-14)10-27(18-15(17(21)28)22-11-23-18)26-19(29)12-7-5-4-6-8-12/h4-8,11H,2-3,9-10H2,1H3,(H2,21,28)(H,22,23)(H,24,25)(H,26,29). The van der Waals surface area contributed by atoms with E-state index in [4.69, 9.17) is 17.3 Å². The van der Waals surface area contributed by atoms with Gasteiger partial charge in [0.2, 0.25) is 0 Å². The number of unbranched alkanes of at least 4 members (excludes halogenated alkanes) is 1. The molecule has 152 valence electrons. The smallest absolute Gasteiger partial charge is 0.269 e. The lowest BCUT2D eigenvalue weighted by atomic mass is 10.2. The second kappa shape index (κ2) is 9.24. The molecule has 3 aromatic rings. The number of hydrazine groups is 1. The Bertz CT molecular complexity index is 984. The van der Waals surface area contributed by atoms with E-state index in [2.05, 4.69) is 32.3 Å². The molecule has 0 bridgehead atoms. The number of anilines is 1. The molecule has 1 aromatic carbocycles. The number of primary amides is 1. The lowest BCUT2D eigenvalue weighted by Crippen LogP contribution is -2.43. The minimum absolute atomic E-state index is 0.0696. The molecule has 3 rings (SSSR count). The van der Waals surface area contributed by atoms with Gasteiger partial charge >= 0.3 is 0 Å². The van der Waals surface area contributed by atoms with Gasteiger partial charge in [0, 0.05) is 12.0 Å². The molecule has 2 heterocycles. The molecule has 0 aliphatic rings. The first-order valence-corrected chi connectivity index (χ1v) is 9.57. The minimum Gasteiger partial charge on any atom is -0.364 e. The van der Waals surface area contributed by atoms with Crippen molar-refractivity contribution >= 4 is 29.2 Å². The summed E-state index contributed by atoms with van der Waals surface area (Å²) in [5, 5.41) is 1.71. The molecule has 0 atom stereocenters. The molecular weight excluding hydrogens is 394 g/mol. The van der Waals surface area contributed by atoms with Crippen molar-refractivity contribution in [2.45, 2.75) is 32.7 Å². The highest BCUT2D eigenvalue weighted by atomic mass is 35.5. The van der Waals surface area contributed by atoms with Crippen molar-refractivity contribution in [3.8, 4) is 0 Å². The van der Waals surface area contributed by atoms with E-state index in [0.29, 0.717) is 16.4 Å². The quantitative estimate of drug-likeness (QED) is 0.398. The molecule has 0 spiro atoms. The van der Waals surface area contributed by atoms with Crippen LogP contribution in [0.4, 0.5) is 5.82 Å². The van der Waals surface area contributed by atoms with Crippen LogP contribution >= 0.6 is 11.6 Å². The van der Waals surface area contributed by atoms with Gasteiger partial charge in [-0.1, -0.05) is 43.1 Å². The molecule has 10 heteroatoms. The van der Waals surface area contributed by atoms with Gasteiger partial charge in [0.25, 0.3) is 11.8 Å². The van der Waals surface area contributed by atoms with Crippen molar-refractivity contribution in [2.24, 2.45) is 5.73 Å². The Morgan fingerprint density at radius 2 is 2.03 bits per heavy atom. The van der Waals surface area contributed by atoms with Gasteiger partial charge in [0.15, 0.2) is 11.0 Å². The van der Waals surface area contributed by atoms with Crippen molar-refractivity contribution in [1.29, 1.82) is 0 Å². The van der Waals surface area contributed by atoms with Crippen LogP contribution in [0, 0.1) is 0 Å².